The highest BCUT2D eigenvalue weighted by molar-refractivity contribution is 6.30. The van der Waals surface area contributed by atoms with Gasteiger partial charge in [0.05, 0.1) is 0 Å². The Morgan fingerprint density at radius 1 is 1.30 bits per heavy atom. The maximum Gasteiger partial charge on any atom is 0.221 e. The van der Waals surface area contributed by atoms with Crippen molar-refractivity contribution in [3.63, 3.8) is 0 Å². The smallest absolute Gasteiger partial charge is 0.221 e. The Bertz CT molecular complexity index is 442. The average molecular weight is 297 g/mol. The van der Waals surface area contributed by atoms with Crippen molar-refractivity contribution in [3.05, 3.63) is 34.9 Å². The van der Waals surface area contributed by atoms with Crippen molar-refractivity contribution in [2.45, 2.75) is 24.7 Å². The van der Waals surface area contributed by atoms with Gasteiger partial charge in [-0.25, -0.2) is 0 Å². The van der Waals surface area contributed by atoms with Crippen LogP contribution in [0.15, 0.2) is 24.3 Å². The van der Waals surface area contributed by atoms with Crippen molar-refractivity contribution < 1.29 is 9.53 Å². The van der Waals surface area contributed by atoms with Crippen LogP contribution in [-0.2, 0) is 14.9 Å². The van der Waals surface area contributed by atoms with Gasteiger partial charge in [-0.2, -0.15) is 0 Å². The molecule has 0 unspecified atom stereocenters. The topological polar surface area (TPSA) is 64.4 Å². The summed E-state index contributed by atoms with van der Waals surface area (Å²) >= 11 is 5.96. The monoisotopic (exact) mass is 296 g/mol. The number of nitrogens with two attached hydrogens (primary N) is 1. The summed E-state index contributed by atoms with van der Waals surface area (Å²) in [5, 5.41) is 3.72. The highest BCUT2D eigenvalue weighted by Crippen LogP contribution is 2.34. The van der Waals surface area contributed by atoms with Gasteiger partial charge in [0, 0.05) is 43.2 Å². The number of carbonyl (C=O) groups excluding carboxylic acids is 1. The van der Waals surface area contributed by atoms with Crippen LogP contribution in [0.5, 0.6) is 0 Å². The predicted octanol–water partition coefficient (Wildman–Crippen LogP) is 1.85. The Hall–Kier alpha value is -1.10. The van der Waals surface area contributed by atoms with E-state index < -0.39 is 0 Å². The van der Waals surface area contributed by atoms with E-state index in [9.17, 15) is 4.79 Å². The molecule has 0 aliphatic carbocycles. The minimum Gasteiger partial charge on any atom is -0.381 e. The molecule has 1 fully saturated rings. The Balaban J connectivity index is 2.12. The summed E-state index contributed by atoms with van der Waals surface area (Å²) in [7, 11) is 0. The van der Waals surface area contributed by atoms with Gasteiger partial charge in [-0.05, 0) is 30.5 Å². The van der Waals surface area contributed by atoms with Gasteiger partial charge in [-0.3, -0.25) is 4.79 Å². The molecule has 1 aromatic rings. The van der Waals surface area contributed by atoms with Crippen molar-refractivity contribution in [2.24, 2.45) is 5.73 Å². The summed E-state index contributed by atoms with van der Waals surface area (Å²) < 4.78 is 5.47. The third-order valence-electron chi connectivity index (χ3n) is 3.90. The van der Waals surface area contributed by atoms with Gasteiger partial charge < -0.3 is 15.8 Å². The highest BCUT2D eigenvalue weighted by atomic mass is 35.5. The summed E-state index contributed by atoms with van der Waals surface area (Å²) in [5.41, 5.74) is 6.55. The number of rotatable bonds is 5. The Labute approximate surface area is 124 Å². The van der Waals surface area contributed by atoms with Crippen LogP contribution in [0.25, 0.3) is 0 Å². The maximum atomic E-state index is 11.7. The Morgan fingerprint density at radius 2 is 1.95 bits per heavy atom. The van der Waals surface area contributed by atoms with E-state index >= 15 is 0 Å². The van der Waals surface area contributed by atoms with Crippen LogP contribution in [0.4, 0.5) is 0 Å². The standard InChI is InChI=1S/C15H21ClN2O2/c16-13-3-1-12(2-4-13)15(6-9-20-10-7-15)11-18-14(19)5-8-17/h1-4H,5-11,17H2,(H,18,19). The molecule has 2 rings (SSSR count). The summed E-state index contributed by atoms with van der Waals surface area (Å²) in [6.07, 6.45) is 2.17. The van der Waals surface area contributed by atoms with Gasteiger partial charge in [-0.15, -0.1) is 0 Å². The first-order valence-electron chi connectivity index (χ1n) is 6.97. The lowest BCUT2D eigenvalue weighted by molar-refractivity contribution is -0.121. The molecule has 0 atom stereocenters. The molecule has 1 heterocycles. The average Bonchev–Trinajstić information content (AvgIpc) is 2.47. The van der Waals surface area contributed by atoms with E-state index in [1.54, 1.807) is 0 Å². The van der Waals surface area contributed by atoms with Crippen LogP contribution in [0.2, 0.25) is 5.02 Å². The number of benzene rings is 1. The molecule has 1 aromatic carbocycles. The fraction of sp³-hybridized carbons (Fsp3) is 0.533. The largest absolute Gasteiger partial charge is 0.381 e. The second-order valence-electron chi connectivity index (χ2n) is 5.22. The second kappa shape index (κ2) is 7.07. The van der Waals surface area contributed by atoms with Crippen LogP contribution in [0.1, 0.15) is 24.8 Å². The van der Waals surface area contributed by atoms with Gasteiger partial charge >= 0.3 is 0 Å². The number of nitrogens with one attached hydrogen (secondary N) is 1. The van der Waals surface area contributed by atoms with E-state index in [-0.39, 0.29) is 11.3 Å². The zero-order valence-corrected chi connectivity index (χ0v) is 12.3. The van der Waals surface area contributed by atoms with Gasteiger partial charge in [0.1, 0.15) is 0 Å². The van der Waals surface area contributed by atoms with Crippen molar-refractivity contribution >= 4 is 17.5 Å². The van der Waals surface area contributed by atoms with Crippen LogP contribution in [-0.4, -0.2) is 32.2 Å². The zero-order valence-electron chi connectivity index (χ0n) is 11.5. The summed E-state index contributed by atoms with van der Waals surface area (Å²) in [6, 6.07) is 7.89. The number of hydrogen-bond donors (Lipinski definition) is 2. The number of amides is 1. The number of hydrogen-bond acceptors (Lipinski definition) is 3. The Kier molecular flexibility index (Phi) is 5.40. The molecule has 0 spiro atoms. The van der Waals surface area contributed by atoms with Crippen LogP contribution in [0, 0.1) is 0 Å². The van der Waals surface area contributed by atoms with Gasteiger partial charge in [0.2, 0.25) is 5.91 Å². The lowest BCUT2D eigenvalue weighted by atomic mass is 9.74. The molecule has 1 saturated heterocycles. The normalized spacial score (nSPS) is 17.7. The molecule has 110 valence electrons. The highest BCUT2D eigenvalue weighted by Gasteiger charge is 2.34. The van der Waals surface area contributed by atoms with Gasteiger partial charge in [-0.1, -0.05) is 23.7 Å². The van der Waals surface area contributed by atoms with Crippen LogP contribution >= 0.6 is 11.6 Å². The van der Waals surface area contributed by atoms with Crippen LogP contribution < -0.4 is 11.1 Å². The third kappa shape index (κ3) is 3.72. The lowest BCUT2D eigenvalue weighted by Crippen LogP contribution is -2.44. The molecule has 4 nitrogen and oxygen atoms in total. The van der Waals surface area contributed by atoms with Gasteiger partial charge in [0.15, 0.2) is 0 Å². The molecule has 5 heteroatoms. The van der Waals surface area contributed by atoms with E-state index in [4.69, 9.17) is 22.1 Å². The van der Waals surface area contributed by atoms with E-state index in [1.807, 2.05) is 24.3 Å². The predicted molar refractivity (Wildman–Crippen MR) is 79.9 cm³/mol. The summed E-state index contributed by atoms with van der Waals surface area (Å²) in [6.45, 7) is 2.44. The number of halogens is 1. The molecule has 20 heavy (non-hydrogen) atoms. The van der Waals surface area contributed by atoms with Crippen LogP contribution in [0.3, 0.4) is 0 Å². The molecular weight excluding hydrogens is 276 g/mol. The second-order valence-corrected chi connectivity index (χ2v) is 5.65. The molecule has 1 aliphatic rings. The van der Waals surface area contributed by atoms with Crippen molar-refractivity contribution in [2.75, 3.05) is 26.3 Å². The fourth-order valence-electron chi connectivity index (χ4n) is 2.62. The molecule has 0 radical (unpaired) electrons. The maximum absolute atomic E-state index is 11.7. The first kappa shape index (κ1) is 15.3. The first-order chi connectivity index (χ1) is 9.66. The van der Waals surface area contributed by atoms with Gasteiger partial charge in [0.25, 0.3) is 0 Å². The van der Waals surface area contributed by atoms with Crippen molar-refractivity contribution in [1.29, 1.82) is 0 Å². The van der Waals surface area contributed by atoms with E-state index in [0.29, 0.717) is 19.5 Å². The zero-order chi connectivity index (χ0) is 14.4. The molecule has 1 aliphatic heterocycles. The van der Waals surface area contributed by atoms with E-state index in [2.05, 4.69) is 5.32 Å². The quantitative estimate of drug-likeness (QED) is 0.871. The first-order valence-corrected chi connectivity index (χ1v) is 7.35. The minimum atomic E-state index is -0.0624. The lowest BCUT2D eigenvalue weighted by Gasteiger charge is -2.38. The molecular formula is C15H21ClN2O2. The molecule has 3 N–H and O–H groups in total. The molecule has 0 saturated carbocycles. The van der Waals surface area contributed by atoms with E-state index in [0.717, 1.165) is 31.1 Å². The van der Waals surface area contributed by atoms with Crippen molar-refractivity contribution in [3.8, 4) is 0 Å². The number of carbonyl (C=O) groups is 1. The summed E-state index contributed by atoms with van der Waals surface area (Å²) in [5.74, 6) is 0.00679. The van der Waals surface area contributed by atoms with Crippen molar-refractivity contribution in [1.82, 2.24) is 5.32 Å². The Morgan fingerprint density at radius 3 is 2.55 bits per heavy atom. The molecule has 0 aromatic heterocycles. The SMILES string of the molecule is NCCC(=O)NCC1(c2ccc(Cl)cc2)CCOCC1. The van der Waals surface area contributed by atoms with E-state index in [1.165, 1.54) is 5.56 Å². The number of ether oxygens (including phenoxy) is 1. The summed E-state index contributed by atoms with van der Waals surface area (Å²) in [4.78, 5) is 11.7. The fourth-order valence-corrected chi connectivity index (χ4v) is 2.75. The molecule has 0 bridgehead atoms. The molecule has 1 amide bonds. The minimum absolute atomic E-state index is 0.00679. The third-order valence-corrected chi connectivity index (χ3v) is 4.15.